The van der Waals surface area contributed by atoms with Crippen molar-refractivity contribution >= 4 is 11.8 Å². The van der Waals surface area contributed by atoms with Gasteiger partial charge in [0, 0.05) is 37.4 Å². The molecule has 0 aromatic heterocycles. The molecule has 0 aliphatic carbocycles. The molecule has 2 fully saturated rings. The average Bonchev–Trinajstić information content (AvgIpc) is 2.64. The van der Waals surface area contributed by atoms with E-state index in [0.29, 0.717) is 0 Å². The number of piperidine rings is 2. The molecule has 5 heteroatoms. The summed E-state index contributed by atoms with van der Waals surface area (Å²) in [4.78, 5) is 28.0. The highest BCUT2D eigenvalue weighted by Crippen LogP contribution is 2.19. The Morgan fingerprint density at radius 1 is 1.04 bits per heavy atom. The van der Waals surface area contributed by atoms with Crippen molar-refractivity contribution in [2.24, 2.45) is 11.7 Å². The van der Waals surface area contributed by atoms with E-state index in [1.807, 2.05) is 23.1 Å². The largest absolute Gasteiger partial charge is 0.369 e. The first-order chi connectivity index (χ1) is 11.7. The third-order valence-corrected chi connectivity index (χ3v) is 5.49. The van der Waals surface area contributed by atoms with Crippen LogP contribution < -0.4 is 10.6 Å². The van der Waals surface area contributed by atoms with Gasteiger partial charge in [-0.15, -0.1) is 0 Å². The van der Waals surface area contributed by atoms with Crippen LogP contribution in [0.1, 0.15) is 43.7 Å². The van der Waals surface area contributed by atoms with Gasteiger partial charge in [-0.3, -0.25) is 9.59 Å². The lowest BCUT2D eigenvalue weighted by molar-refractivity contribution is -0.927. The lowest BCUT2D eigenvalue weighted by atomic mass is 9.93. The van der Waals surface area contributed by atoms with E-state index >= 15 is 0 Å². The van der Waals surface area contributed by atoms with E-state index in [2.05, 4.69) is 12.1 Å². The maximum absolute atomic E-state index is 13.2. The van der Waals surface area contributed by atoms with Gasteiger partial charge < -0.3 is 15.5 Å². The number of carbonyl (C=O) groups is 2. The third kappa shape index (κ3) is 3.78. The van der Waals surface area contributed by atoms with Gasteiger partial charge in [0.15, 0.2) is 6.04 Å². The average molecular weight is 330 g/mol. The van der Waals surface area contributed by atoms with Crippen molar-refractivity contribution in [3.05, 3.63) is 35.9 Å². The van der Waals surface area contributed by atoms with Crippen LogP contribution in [0, 0.1) is 5.92 Å². The Labute approximate surface area is 143 Å². The van der Waals surface area contributed by atoms with Gasteiger partial charge in [0.25, 0.3) is 5.91 Å². The van der Waals surface area contributed by atoms with E-state index in [1.54, 1.807) is 0 Å². The summed E-state index contributed by atoms with van der Waals surface area (Å²) >= 11 is 0. The molecular formula is C19H28N3O2+. The van der Waals surface area contributed by atoms with Gasteiger partial charge >= 0.3 is 0 Å². The molecule has 130 valence electrons. The van der Waals surface area contributed by atoms with Crippen molar-refractivity contribution in [2.75, 3.05) is 26.2 Å². The van der Waals surface area contributed by atoms with Gasteiger partial charge in [0.05, 0.1) is 13.1 Å². The molecule has 1 aromatic rings. The second kappa shape index (κ2) is 7.79. The van der Waals surface area contributed by atoms with Crippen LogP contribution >= 0.6 is 0 Å². The first-order valence-corrected chi connectivity index (χ1v) is 9.14. The number of nitrogens with zero attached hydrogens (tertiary/aromatic N) is 1. The van der Waals surface area contributed by atoms with Crippen LogP contribution in [0.3, 0.4) is 0 Å². The number of primary amides is 1. The van der Waals surface area contributed by atoms with E-state index in [1.165, 1.54) is 11.3 Å². The summed E-state index contributed by atoms with van der Waals surface area (Å²) in [5.74, 6) is 0.0105. The summed E-state index contributed by atoms with van der Waals surface area (Å²) in [5.41, 5.74) is 6.54. The zero-order valence-electron chi connectivity index (χ0n) is 14.2. The van der Waals surface area contributed by atoms with Crippen molar-refractivity contribution < 1.29 is 14.5 Å². The number of amides is 2. The predicted molar refractivity (Wildman–Crippen MR) is 92.2 cm³/mol. The van der Waals surface area contributed by atoms with Crippen molar-refractivity contribution in [3.8, 4) is 0 Å². The summed E-state index contributed by atoms with van der Waals surface area (Å²) in [7, 11) is 0. The Morgan fingerprint density at radius 3 is 2.25 bits per heavy atom. The molecule has 24 heavy (non-hydrogen) atoms. The lowest BCUT2D eigenvalue weighted by Crippen LogP contribution is -3.14. The minimum atomic E-state index is -0.201. The topological polar surface area (TPSA) is 67.8 Å². The highest BCUT2D eigenvalue weighted by Gasteiger charge is 2.38. The number of likely N-dealkylation sites (tertiary alicyclic amines) is 2. The van der Waals surface area contributed by atoms with E-state index in [9.17, 15) is 9.59 Å². The molecule has 2 saturated heterocycles. The summed E-state index contributed by atoms with van der Waals surface area (Å²) in [6, 6.07) is 9.95. The van der Waals surface area contributed by atoms with Crippen LogP contribution in [-0.4, -0.2) is 42.9 Å². The first kappa shape index (κ1) is 17.0. The van der Waals surface area contributed by atoms with Crippen molar-refractivity contribution in [2.45, 2.75) is 38.1 Å². The number of benzene rings is 1. The van der Waals surface area contributed by atoms with Gasteiger partial charge in [-0.25, -0.2) is 0 Å². The van der Waals surface area contributed by atoms with Crippen molar-refractivity contribution in [3.63, 3.8) is 0 Å². The maximum Gasteiger partial charge on any atom is 0.285 e. The van der Waals surface area contributed by atoms with Crippen LogP contribution in [0.25, 0.3) is 0 Å². The quantitative estimate of drug-likeness (QED) is 0.845. The molecule has 0 radical (unpaired) electrons. The van der Waals surface area contributed by atoms with Crippen LogP contribution in [0.5, 0.6) is 0 Å². The molecule has 0 bridgehead atoms. The van der Waals surface area contributed by atoms with Crippen molar-refractivity contribution in [1.82, 2.24) is 4.90 Å². The van der Waals surface area contributed by atoms with Gasteiger partial charge in [-0.1, -0.05) is 30.3 Å². The second-order valence-corrected chi connectivity index (χ2v) is 7.06. The lowest BCUT2D eigenvalue weighted by Gasteiger charge is -2.37. The monoisotopic (exact) mass is 330 g/mol. The molecule has 3 rings (SSSR count). The van der Waals surface area contributed by atoms with Crippen LogP contribution in [0.2, 0.25) is 0 Å². The number of hydrogen-bond donors (Lipinski definition) is 2. The molecule has 2 amide bonds. The predicted octanol–water partition coefficient (Wildman–Crippen LogP) is 0.520. The maximum atomic E-state index is 13.2. The Hall–Kier alpha value is -1.88. The molecule has 0 saturated carbocycles. The molecule has 2 aliphatic rings. The Balaban J connectivity index is 1.78. The summed E-state index contributed by atoms with van der Waals surface area (Å²) in [5, 5.41) is 0. The van der Waals surface area contributed by atoms with E-state index in [-0.39, 0.29) is 23.8 Å². The minimum absolute atomic E-state index is 0.0322. The fourth-order valence-electron chi connectivity index (χ4n) is 4.06. The zero-order chi connectivity index (χ0) is 16.9. The molecular weight excluding hydrogens is 302 g/mol. The third-order valence-electron chi connectivity index (χ3n) is 5.49. The SMILES string of the molecule is NC(=O)C1CC[NH+]([C@H](C(=O)N2CCCCC2)c2ccccc2)CC1. The Kier molecular flexibility index (Phi) is 5.51. The summed E-state index contributed by atoms with van der Waals surface area (Å²) in [6.07, 6.45) is 4.98. The standard InChI is InChI=1S/C19H27N3O2/c20-18(23)16-9-13-21(14-10-16)17(15-7-3-1-4-8-15)19(24)22-11-5-2-6-12-22/h1,3-4,7-8,16-17H,2,5-6,9-14H2,(H2,20,23)/p+1/t17-/m0/s1. The molecule has 2 aliphatic heterocycles. The highest BCUT2D eigenvalue weighted by molar-refractivity contribution is 5.82. The Morgan fingerprint density at radius 2 is 1.67 bits per heavy atom. The minimum Gasteiger partial charge on any atom is -0.369 e. The van der Waals surface area contributed by atoms with Crippen LogP contribution in [-0.2, 0) is 9.59 Å². The molecule has 1 aromatic carbocycles. The van der Waals surface area contributed by atoms with Gasteiger partial charge in [-0.05, 0) is 19.3 Å². The smallest absolute Gasteiger partial charge is 0.285 e. The molecule has 0 spiro atoms. The second-order valence-electron chi connectivity index (χ2n) is 7.06. The molecule has 1 atom stereocenters. The summed E-state index contributed by atoms with van der Waals surface area (Å²) < 4.78 is 0. The number of nitrogens with one attached hydrogen (secondary N) is 1. The first-order valence-electron chi connectivity index (χ1n) is 9.14. The van der Waals surface area contributed by atoms with Gasteiger partial charge in [-0.2, -0.15) is 0 Å². The fourth-order valence-corrected chi connectivity index (χ4v) is 4.06. The molecule has 3 N–H and O–H groups in total. The normalized spacial score (nSPS) is 25.9. The Bertz CT molecular complexity index is 561. The molecule has 5 nitrogen and oxygen atoms in total. The van der Waals surface area contributed by atoms with E-state index < -0.39 is 0 Å². The van der Waals surface area contributed by atoms with E-state index in [4.69, 9.17) is 5.73 Å². The van der Waals surface area contributed by atoms with Crippen molar-refractivity contribution in [1.29, 1.82) is 0 Å². The number of hydrogen-bond acceptors (Lipinski definition) is 2. The number of carbonyl (C=O) groups excluding carboxylic acids is 2. The highest BCUT2D eigenvalue weighted by atomic mass is 16.2. The molecule has 0 unspecified atom stereocenters. The van der Waals surface area contributed by atoms with Crippen LogP contribution in [0.4, 0.5) is 0 Å². The summed E-state index contributed by atoms with van der Waals surface area (Å²) in [6.45, 7) is 3.40. The molecule has 2 heterocycles. The zero-order valence-corrected chi connectivity index (χ0v) is 14.2. The number of quaternary nitrogens is 1. The fraction of sp³-hybridized carbons (Fsp3) is 0.579. The van der Waals surface area contributed by atoms with Gasteiger partial charge in [0.2, 0.25) is 5.91 Å². The van der Waals surface area contributed by atoms with E-state index in [0.717, 1.165) is 57.4 Å². The van der Waals surface area contributed by atoms with Crippen LogP contribution in [0.15, 0.2) is 30.3 Å². The van der Waals surface area contributed by atoms with Gasteiger partial charge in [0.1, 0.15) is 0 Å². The number of rotatable bonds is 4. The number of nitrogens with two attached hydrogens (primary N) is 1.